The number of benzene rings is 2. The third-order valence-electron chi connectivity index (χ3n) is 6.17. The highest BCUT2D eigenvalue weighted by Gasteiger charge is 2.35. The van der Waals surface area contributed by atoms with Crippen molar-refractivity contribution in [3.05, 3.63) is 71.9 Å². The first-order valence-corrected chi connectivity index (χ1v) is 11.0. The summed E-state index contributed by atoms with van der Waals surface area (Å²) in [4.78, 5) is 29.7. The molecule has 168 valence electrons. The molecule has 1 aromatic heterocycles. The number of piperazine rings is 1. The van der Waals surface area contributed by atoms with Gasteiger partial charge in [0.15, 0.2) is 0 Å². The molecule has 1 atom stereocenters. The highest BCUT2D eigenvalue weighted by atomic mass is 16.5. The number of nitrogens with two attached hydrogens (primary N) is 1. The van der Waals surface area contributed by atoms with Gasteiger partial charge in [-0.05, 0) is 18.1 Å². The number of methoxy groups -OCH3 is 1. The maximum atomic E-state index is 13.6. The number of fused-ring (bicyclic) bond motifs is 1. The van der Waals surface area contributed by atoms with E-state index < -0.39 is 11.9 Å². The average molecular weight is 435 g/mol. The molecule has 0 radical (unpaired) electrons. The normalized spacial score (nSPS) is 17.0. The second kappa shape index (κ2) is 9.97. The molecule has 1 aliphatic rings. The summed E-state index contributed by atoms with van der Waals surface area (Å²) in [7, 11) is 1.66. The van der Waals surface area contributed by atoms with Crippen LogP contribution in [0.4, 0.5) is 0 Å². The molecule has 3 aromatic rings. The number of primary amides is 1. The van der Waals surface area contributed by atoms with Gasteiger partial charge in [0.25, 0.3) is 5.91 Å². The van der Waals surface area contributed by atoms with Crippen molar-refractivity contribution in [3.8, 4) is 0 Å². The second-order valence-electron chi connectivity index (χ2n) is 8.20. The zero-order chi connectivity index (χ0) is 22.5. The van der Waals surface area contributed by atoms with E-state index in [1.165, 1.54) is 5.56 Å². The standard InChI is InChI=1S/C25H30N4O3/c1-32-16-15-28-17-21(20-9-5-6-10-22(20)28)25(31)29-14-13-27(18-23(29)24(26)30)12-11-19-7-3-2-4-8-19/h2-10,17,23H,11-16,18H2,1H3,(H2,26,30). The highest BCUT2D eigenvalue weighted by Crippen LogP contribution is 2.24. The lowest BCUT2D eigenvalue weighted by atomic mass is 10.1. The van der Waals surface area contributed by atoms with Crippen LogP contribution >= 0.6 is 0 Å². The molecular formula is C25H30N4O3. The van der Waals surface area contributed by atoms with Crippen molar-refractivity contribution in [1.82, 2.24) is 14.4 Å². The van der Waals surface area contributed by atoms with Crippen LogP contribution < -0.4 is 5.73 Å². The Labute approximate surface area is 188 Å². The molecule has 7 heteroatoms. The summed E-state index contributed by atoms with van der Waals surface area (Å²) in [6, 6.07) is 17.4. The number of carbonyl (C=O) groups excluding carboxylic acids is 2. The molecule has 0 saturated carbocycles. The Hall–Kier alpha value is -3.16. The molecule has 4 rings (SSSR count). The zero-order valence-corrected chi connectivity index (χ0v) is 18.4. The van der Waals surface area contributed by atoms with E-state index in [9.17, 15) is 9.59 Å². The summed E-state index contributed by atoms with van der Waals surface area (Å²) in [5.41, 5.74) is 8.58. The molecule has 0 bridgehead atoms. The molecule has 1 aliphatic heterocycles. The lowest BCUT2D eigenvalue weighted by Crippen LogP contribution is -2.60. The van der Waals surface area contributed by atoms with Crippen molar-refractivity contribution in [3.63, 3.8) is 0 Å². The Morgan fingerprint density at radius 1 is 1.03 bits per heavy atom. The summed E-state index contributed by atoms with van der Waals surface area (Å²) >= 11 is 0. The van der Waals surface area contributed by atoms with Crippen molar-refractivity contribution in [1.29, 1.82) is 0 Å². The number of rotatable bonds is 8. The average Bonchev–Trinajstić information content (AvgIpc) is 3.20. The molecule has 2 heterocycles. The SMILES string of the molecule is COCCn1cc(C(=O)N2CCN(CCc3ccccc3)CC2C(N)=O)c2ccccc21. The van der Waals surface area contributed by atoms with E-state index in [-0.39, 0.29) is 5.91 Å². The highest BCUT2D eigenvalue weighted by molar-refractivity contribution is 6.08. The lowest BCUT2D eigenvalue weighted by molar-refractivity contribution is -0.124. The predicted molar refractivity (Wildman–Crippen MR) is 124 cm³/mol. The van der Waals surface area contributed by atoms with Gasteiger partial charge >= 0.3 is 0 Å². The molecule has 2 aromatic carbocycles. The number of ether oxygens (including phenoxy) is 1. The van der Waals surface area contributed by atoms with Crippen LogP contribution in [-0.4, -0.2) is 72.1 Å². The minimum atomic E-state index is -0.645. The monoisotopic (exact) mass is 434 g/mol. The smallest absolute Gasteiger partial charge is 0.256 e. The molecule has 32 heavy (non-hydrogen) atoms. The van der Waals surface area contributed by atoms with Crippen molar-refractivity contribution in [2.24, 2.45) is 5.73 Å². The van der Waals surface area contributed by atoms with Crippen LogP contribution in [0.15, 0.2) is 60.8 Å². The first-order valence-electron chi connectivity index (χ1n) is 11.0. The molecule has 7 nitrogen and oxygen atoms in total. The number of aromatic nitrogens is 1. The summed E-state index contributed by atoms with van der Waals surface area (Å²) in [5.74, 6) is -0.616. The first-order chi connectivity index (χ1) is 15.6. The Morgan fingerprint density at radius 2 is 1.78 bits per heavy atom. The summed E-state index contributed by atoms with van der Waals surface area (Å²) in [6.45, 7) is 3.67. The van der Waals surface area contributed by atoms with E-state index in [4.69, 9.17) is 10.5 Å². The first kappa shape index (κ1) is 22.0. The van der Waals surface area contributed by atoms with Gasteiger partial charge in [0.05, 0.1) is 12.2 Å². The second-order valence-corrected chi connectivity index (χ2v) is 8.20. The Balaban J connectivity index is 1.51. The Morgan fingerprint density at radius 3 is 2.53 bits per heavy atom. The van der Waals surface area contributed by atoms with E-state index in [1.807, 2.05) is 53.2 Å². The molecular weight excluding hydrogens is 404 g/mol. The Kier molecular flexibility index (Phi) is 6.87. The van der Waals surface area contributed by atoms with Gasteiger partial charge in [-0.25, -0.2) is 0 Å². The fraction of sp³-hybridized carbons (Fsp3) is 0.360. The molecule has 1 fully saturated rings. The van der Waals surface area contributed by atoms with E-state index in [1.54, 1.807) is 12.0 Å². The van der Waals surface area contributed by atoms with Crippen LogP contribution in [0.5, 0.6) is 0 Å². The summed E-state index contributed by atoms with van der Waals surface area (Å²) < 4.78 is 7.24. The minimum absolute atomic E-state index is 0.149. The van der Waals surface area contributed by atoms with Crippen LogP contribution in [0.3, 0.4) is 0 Å². The summed E-state index contributed by atoms with van der Waals surface area (Å²) in [5, 5.41) is 0.878. The van der Waals surface area contributed by atoms with Crippen LogP contribution in [0.2, 0.25) is 0 Å². The zero-order valence-electron chi connectivity index (χ0n) is 18.4. The van der Waals surface area contributed by atoms with Gasteiger partial charge in [-0.2, -0.15) is 0 Å². The number of amides is 2. The molecule has 1 unspecified atom stereocenters. The van der Waals surface area contributed by atoms with Crippen LogP contribution in [-0.2, 0) is 22.5 Å². The molecule has 2 N–H and O–H groups in total. The van der Waals surface area contributed by atoms with E-state index in [0.29, 0.717) is 38.3 Å². The number of hydrogen-bond acceptors (Lipinski definition) is 4. The van der Waals surface area contributed by atoms with Gasteiger partial charge in [0, 0.05) is 56.9 Å². The maximum Gasteiger partial charge on any atom is 0.256 e. The minimum Gasteiger partial charge on any atom is -0.383 e. The third kappa shape index (κ3) is 4.69. The van der Waals surface area contributed by atoms with E-state index >= 15 is 0 Å². The maximum absolute atomic E-state index is 13.6. The molecule has 1 saturated heterocycles. The molecule has 2 amide bonds. The van der Waals surface area contributed by atoms with Crippen LogP contribution in [0, 0.1) is 0 Å². The predicted octanol–water partition coefficient (Wildman–Crippen LogP) is 2.14. The lowest BCUT2D eigenvalue weighted by Gasteiger charge is -2.40. The van der Waals surface area contributed by atoms with Crippen molar-refractivity contribution < 1.29 is 14.3 Å². The Bertz CT molecular complexity index is 1080. The number of hydrogen-bond donors (Lipinski definition) is 1. The van der Waals surface area contributed by atoms with E-state index in [0.717, 1.165) is 23.9 Å². The van der Waals surface area contributed by atoms with Gasteiger partial charge < -0.3 is 19.9 Å². The van der Waals surface area contributed by atoms with Crippen molar-refractivity contribution in [2.45, 2.75) is 19.0 Å². The van der Waals surface area contributed by atoms with Crippen LogP contribution in [0.1, 0.15) is 15.9 Å². The van der Waals surface area contributed by atoms with Crippen LogP contribution in [0.25, 0.3) is 10.9 Å². The van der Waals surface area contributed by atoms with Gasteiger partial charge in [-0.15, -0.1) is 0 Å². The number of para-hydroxylation sites is 1. The number of carbonyl (C=O) groups is 2. The fourth-order valence-electron chi connectivity index (χ4n) is 4.41. The van der Waals surface area contributed by atoms with Gasteiger partial charge in [-0.1, -0.05) is 48.5 Å². The fourth-order valence-corrected chi connectivity index (χ4v) is 4.41. The van der Waals surface area contributed by atoms with Crippen molar-refractivity contribution >= 4 is 22.7 Å². The summed E-state index contributed by atoms with van der Waals surface area (Å²) in [6.07, 6.45) is 2.76. The van der Waals surface area contributed by atoms with Gasteiger partial charge in [0.2, 0.25) is 5.91 Å². The third-order valence-corrected chi connectivity index (χ3v) is 6.17. The van der Waals surface area contributed by atoms with Gasteiger partial charge in [-0.3, -0.25) is 14.5 Å². The van der Waals surface area contributed by atoms with Crippen molar-refractivity contribution in [2.75, 3.05) is 39.9 Å². The largest absolute Gasteiger partial charge is 0.383 e. The molecule has 0 aliphatic carbocycles. The molecule has 0 spiro atoms. The topological polar surface area (TPSA) is 80.8 Å². The number of nitrogens with zero attached hydrogens (tertiary/aromatic N) is 3. The van der Waals surface area contributed by atoms with Gasteiger partial charge in [0.1, 0.15) is 6.04 Å². The quantitative estimate of drug-likeness (QED) is 0.589. The van der Waals surface area contributed by atoms with E-state index in [2.05, 4.69) is 17.0 Å².